The van der Waals surface area contributed by atoms with Crippen molar-refractivity contribution in [3.8, 4) is 0 Å². The third kappa shape index (κ3) is 3.34. The van der Waals surface area contributed by atoms with Crippen LogP contribution >= 0.6 is 11.3 Å². The smallest absolute Gasteiger partial charge is 0.348 e. The Balaban J connectivity index is 2.44. The second-order valence-corrected chi connectivity index (χ2v) is 4.10. The molecular weight excluding hydrogens is 226 g/mol. The number of hydrogen-bond donors (Lipinski definition) is 1. The minimum atomic E-state index is -0.337. The second kappa shape index (κ2) is 6.27. The van der Waals surface area contributed by atoms with Crippen molar-refractivity contribution in [3.05, 3.63) is 21.9 Å². The van der Waals surface area contributed by atoms with Crippen LogP contribution in [0.3, 0.4) is 0 Å². The second-order valence-electron chi connectivity index (χ2n) is 3.19. The molecule has 0 unspecified atom stereocenters. The number of aryl methyl sites for hydroxylation is 1. The van der Waals surface area contributed by atoms with Crippen LogP contribution in [0.2, 0.25) is 0 Å². The van der Waals surface area contributed by atoms with Gasteiger partial charge in [0.05, 0.1) is 6.42 Å². The number of thiophene rings is 1. The average molecular weight is 241 g/mol. The molecule has 1 aromatic heterocycles. The molecule has 0 aromatic carbocycles. The van der Waals surface area contributed by atoms with Crippen LogP contribution in [-0.2, 0) is 16.0 Å². The van der Waals surface area contributed by atoms with Gasteiger partial charge in [-0.3, -0.25) is 4.79 Å². The van der Waals surface area contributed by atoms with Crippen LogP contribution in [0.5, 0.6) is 0 Å². The molecule has 0 aliphatic carbocycles. The summed E-state index contributed by atoms with van der Waals surface area (Å²) in [6, 6.07) is 1.92. The Hall–Kier alpha value is -1.36. The highest BCUT2D eigenvalue weighted by Gasteiger charge is 2.13. The molecule has 0 fully saturated rings. The Bertz CT molecular complexity index is 373. The standard InChI is InChI=1S/C11H15NO3S/c1-3-8-5-7-16-10(8)11(14)15-6-4-9(13)12-2/h5,7H,3-4,6H2,1-2H3,(H,12,13). The maximum atomic E-state index is 11.6. The van der Waals surface area contributed by atoms with Gasteiger partial charge in [-0.15, -0.1) is 11.3 Å². The van der Waals surface area contributed by atoms with E-state index in [0.717, 1.165) is 12.0 Å². The molecule has 0 radical (unpaired) electrons. The van der Waals surface area contributed by atoms with E-state index in [2.05, 4.69) is 5.32 Å². The van der Waals surface area contributed by atoms with Crippen molar-refractivity contribution in [2.45, 2.75) is 19.8 Å². The number of ether oxygens (including phenoxy) is 1. The molecule has 0 atom stereocenters. The molecule has 0 bridgehead atoms. The van der Waals surface area contributed by atoms with E-state index in [1.165, 1.54) is 11.3 Å². The van der Waals surface area contributed by atoms with Gasteiger partial charge in [-0.25, -0.2) is 4.79 Å². The SMILES string of the molecule is CCc1ccsc1C(=O)OCCC(=O)NC. The first kappa shape index (κ1) is 12.7. The Morgan fingerprint density at radius 2 is 2.25 bits per heavy atom. The quantitative estimate of drug-likeness (QED) is 0.797. The van der Waals surface area contributed by atoms with Gasteiger partial charge < -0.3 is 10.1 Å². The molecule has 0 aliphatic rings. The summed E-state index contributed by atoms with van der Waals surface area (Å²) in [5, 5.41) is 4.34. The number of amides is 1. The molecule has 0 spiro atoms. The summed E-state index contributed by atoms with van der Waals surface area (Å²) in [4.78, 5) is 23.2. The summed E-state index contributed by atoms with van der Waals surface area (Å²) in [6.45, 7) is 2.11. The zero-order valence-electron chi connectivity index (χ0n) is 9.41. The fraction of sp³-hybridized carbons (Fsp3) is 0.455. The van der Waals surface area contributed by atoms with E-state index in [-0.39, 0.29) is 24.9 Å². The zero-order chi connectivity index (χ0) is 12.0. The molecule has 4 nitrogen and oxygen atoms in total. The van der Waals surface area contributed by atoms with Gasteiger partial charge in [-0.05, 0) is 23.4 Å². The minimum absolute atomic E-state index is 0.125. The highest BCUT2D eigenvalue weighted by Crippen LogP contribution is 2.18. The molecule has 0 aliphatic heterocycles. The Kier molecular flexibility index (Phi) is 4.98. The number of nitrogens with one attached hydrogen (secondary N) is 1. The van der Waals surface area contributed by atoms with Crippen LogP contribution in [0, 0.1) is 0 Å². The molecule has 1 N–H and O–H groups in total. The number of carbonyl (C=O) groups is 2. The van der Waals surface area contributed by atoms with E-state index in [0.29, 0.717) is 4.88 Å². The van der Waals surface area contributed by atoms with Crippen molar-refractivity contribution in [3.63, 3.8) is 0 Å². The fourth-order valence-electron chi connectivity index (χ4n) is 1.22. The number of esters is 1. The Labute approximate surface area is 98.6 Å². The average Bonchev–Trinajstić information content (AvgIpc) is 2.76. The molecule has 1 aromatic rings. The van der Waals surface area contributed by atoms with Gasteiger partial charge in [0.15, 0.2) is 0 Å². The summed E-state index contributed by atoms with van der Waals surface area (Å²) in [7, 11) is 1.55. The number of hydrogen-bond acceptors (Lipinski definition) is 4. The molecule has 5 heteroatoms. The molecular formula is C11H15NO3S. The van der Waals surface area contributed by atoms with Crippen molar-refractivity contribution in [2.75, 3.05) is 13.7 Å². The predicted octanol–water partition coefficient (Wildman–Crippen LogP) is 1.60. The Morgan fingerprint density at radius 3 is 2.88 bits per heavy atom. The van der Waals surface area contributed by atoms with Gasteiger partial charge in [-0.2, -0.15) is 0 Å². The van der Waals surface area contributed by atoms with Crippen LogP contribution in [0.1, 0.15) is 28.6 Å². The van der Waals surface area contributed by atoms with Gasteiger partial charge >= 0.3 is 5.97 Å². The summed E-state index contributed by atoms with van der Waals surface area (Å²) in [6.07, 6.45) is 1.01. The third-order valence-electron chi connectivity index (χ3n) is 2.15. The molecule has 1 amide bonds. The summed E-state index contributed by atoms with van der Waals surface area (Å²) < 4.78 is 5.01. The lowest BCUT2D eigenvalue weighted by Gasteiger charge is -2.04. The van der Waals surface area contributed by atoms with E-state index < -0.39 is 0 Å². The first-order chi connectivity index (χ1) is 7.69. The normalized spacial score (nSPS) is 9.88. The molecule has 1 heterocycles. The van der Waals surface area contributed by atoms with E-state index >= 15 is 0 Å². The first-order valence-corrected chi connectivity index (χ1v) is 6.01. The predicted molar refractivity (Wildman–Crippen MR) is 62.7 cm³/mol. The maximum Gasteiger partial charge on any atom is 0.348 e. The highest BCUT2D eigenvalue weighted by atomic mass is 32.1. The van der Waals surface area contributed by atoms with Crippen molar-refractivity contribution < 1.29 is 14.3 Å². The topological polar surface area (TPSA) is 55.4 Å². The van der Waals surface area contributed by atoms with Crippen LogP contribution in [0.25, 0.3) is 0 Å². The summed E-state index contributed by atoms with van der Waals surface area (Å²) >= 11 is 1.37. The first-order valence-electron chi connectivity index (χ1n) is 5.13. The molecule has 0 saturated carbocycles. The van der Waals surface area contributed by atoms with Crippen molar-refractivity contribution in [2.24, 2.45) is 0 Å². The zero-order valence-corrected chi connectivity index (χ0v) is 10.2. The summed E-state index contributed by atoms with van der Waals surface area (Å²) in [5.74, 6) is -0.467. The molecule has 16 heavy (non-hydrogen) atoms. The maximum absolute atomic E-state index is 11.6. The third-order valence-corrected chi connectivity index (χ3v) is 3.09. The van der Waals surface area contributed by atoms with E-state index in [1.807, 2.05) is 18.4 Å². The van der Waals surface area contributed by atoms with Crippen LogP contribution < -0.4 is 5.32 Å². The van der Waals surface area contributed by atoms with Crippen LogP contribution in [-0.4, -0.2) is 25.5 Å². The van der Waals surface area contributed by atoms with Crippen LogP contribution in [0.15, 0.2) is 11.4 Å². The van der Waals surface area contributed by atoms with Gasteiger partial charge in [0, 0.05) is 7.05 Å². The van der Waals surface area contributed by atoms with Gasteiger partial charge in [-0.1, -0.05) is 6.92 Å². The van der Waals surface area contributed by atoms with E-state index in [1.54, 1.807) is 7.05 Å². The lowest BCUT2D eigenvalue weighted by Crippen LogP contribution is -2.20. The van der Waals surface area contributed by atoms with Crippen molar-refractivity contribution >= 4 is 23.2 Å². The lowest BCUT2D eigenvalue weighted by molar-refractivity contribution is -0.121. The van der Waals surface area contributed by atoms with Gasteiger partial charge in [0.25, 0.3) is 0 Å². The van der Waals surface area contributed by atoms with Crippen molar-refractivity contribution in [1.29, 1.82) is 0 Å². The van der Waals surface area contributed by atoms with Crippen LogP contribution in [0.4, 0.5) is 0 Å². The Morgan fingerprint density at radius 1 is 1.50 bits per heavy atom. The number of rotatable bonds is 5. The number of carbonyl (C=O) groups excluding carboxylic acids is 2. The highest BCUT2D eigenvalue weighted by molar-refractivity contribution is 7.12. The summed E-state index contributed by atoms with van der Waals surface area (Å²) in [5.41, 5.74) is 0.995. The van der Waals surface area contributed by atoms with E-state index in [4.69, 9.17) is 4.74 Å². The molecule has 0 saturated heterocycles. The minimum Gasteiger partial charge on any atom is -0.461 e. The molecule has 88 valence electrons. The van der Waals surface area contributed by atoms with Gasteiger partial charge in [0.1, 0.15) is 11.5 Å². The van der Waals surface area contributed by atoms with Gasteiger partial charge in [0.2, 0.25) is 5.91 Å². The van der Waals surface area contributed by atoms with E-state index in [9.17, 15) is 9.59 Å². The monoisotopic (exact) mass is 241 g/mol. The van der Waals surface area contributed by atoms with Crippen molar-refractivity contribution in [1.82, 2.24) is 5.32 Å². The lowest BCUT2D eigenvalue weighted by atomic mass is 10.2. The fourth-order valence-corrected chi connectivity index (χ4v) is 2.11. The largest absolute Gasteiger partial charge is 0.461 e. The molecule has 1 rings (SSSR count).